The molecule has 1 saturated heterocycles. The minimum absolute atomic E-state index is 0.198. The van der Waals surface area contributed by atoms with E-state index in [1.54, 1.807) is 11.0 Å². The summed E-state index contributed by atoms with van der Waals surface area (Å²) >= 11 is 0. The highest BCUT2D eigenvalue weighted by atomic mass is 16.6. The number of ether oxygens (including phenoxy) is 1. The van der Waals surface area contributed by atoms with E-state index in [-0.39, 0.29) is 6.09 Å². The second-order valence-electron chi connectivity index (χ2n) is 7.13. The highest BCUT2D eigenvalue weighted by Crippen LogP contribution is 2.15. The van der Waals surface area contributed by atoms with E-state index < -0.39 is 5.60 Å². The van der Waals surface area contributed by atoms with Crippen molar-refractivity contribution in [2.45, 2.75) is 58.1 Å². The third-order valence-electron chi connectivity index (χ3n) is 3.81. The number of aryl methyl sites for hydroxylation is 1. The molecule has 0 aromatic carbocycles. The van der Waals surface area contributed by atoms with Crippen molar-refractivity contribution in [1.29, 1.82) is 0 Å². The first kappa shape index (κ1) is 17.7. The third-order valence-corrected chi connectivity index (χ3v) is 3.81. The third kappa shape index (κ3) is 6.17. The Morgan fingerprint density at radius 2 is 2.17 bits per heavy atom. The summed E-state index contributed by atoms with van der Waals surface area (Å²) in [6, 6.07) is 0.436. The van der Waals surface area contributed by atoms with Crippen LogP contribution < -0.4 is 5.32 Å². The summed E-state index contributed by atoms with van der Waals surface area (Å²) < 4.78 is 7.18. The van der Waals surface area contributed by atoms with Crippen molar-refractivity contribution >= 4 is 6.09 Å². The summed E-state index contributed by atoms with van der Waals surface area (Å²) in [5, 5.41) is 7.84. The molecule has 1 amide bonds. The summed E-state index contributed by atoms with van der Waals surface area (Å²) in [7, 11) is 1.88. The fourth-order valence-electron chi connectivity index (χ4n) is 2.70. The molecule has 0 spiro atoms. The highest BCUT2D eigenvalue weighted by molar-refractivity contribution is 5.68. The van der Waals surface area contributed by atoms with Crippen molar-refractivity contribution in [3.8, 4) is 0 Å². The van der Waals surface area contributed by atoms with E-state index in [9.17, 15) is 4.79 Å². The Balaban J connectivity index is 1.72. The lowest BCUT2D eigenvalue weighted by atomic mass is 10.1. The number of nitrogens with zero attached hydrogens (tertiary/aromatic N) is 4. The van der Waals surface area contributed by atoms with Gasteiger partial charge in [-0.3, -0.25) is 4.68 Å². The van der Waals surface area contributed by atoms with Gasteiger partial charge in [0.05, 0.1) is 0 Å². The summed E-state index contributed by atoms with van der Waals surface area (Å²) in [5.74, 6) is 0.865. The van der Waals surface area contributed by atoms with Crippen LogP contribution in [0.1, 0.15) is 45.9 Å². The number of carbonyl (C=O) groups is 1. The molecule has 1 atom stereocenters. The molecule has 0 bridgehead atoms. The number of aromatic nitrogens is 3. The molecule has 23 heavy (non-hydrogen) atoms. The van der Waals surface area contributed by atoms with Gasteiger partial charge >= 0.3 is 6.09 Å². The second kappa shape index (κ2) is 7.77. The monoisotopic (exact) mass is 323 g/mol. The van der Waals surface area contributed by atoms with Gasteiger partial charge in [0.2, 0.25) is 0 Å². The molecule has 1 aromatic heterocycles. The molecular formula is C16H29N5O2. The average molecular weight is 323 g/mol. The predicted molar refractivity (Wildman–Crippen MR) is 88.2 cm³/mol. The molecule has 7 nitrogen and oxygen atoms in total. The van der Waals surface area contributed by atoms with Crippen LogP contribution in [0.15, 0.2) is 6.33 Å². The van der Waals surface area contributed by atoms with Crippen molar-refractivity contribution in [2.24, 2.45) is 7.05 Å². The minimum Gasteiger partial charge on any atom is -0.444 e. The highest BCUT2D eigenvalue weighted by Gasteiger charge is 2.24. The van der Waals surface area contributed by atoms with Crippen LogP contribution in [0.2, 0.25) is 0 Å². The fourth-order valence-corrected chi connectivity index (χ4v) is 2.70. The second-order valence-corrected chi connectivity index (χ2v) is 7.13. The molecule has 7 heteroatoms. The van der Waals surface area contributed by atoms with E-state index in [0.29, 0.717) is 6.04 Å². The smallest absolute Gasteiger partial charge is 0.410 e. The first-order valence-corrected chi connectivity index (χ1v) is 8.39. The summed E-state index contributed by atoms with van der Waals surface area (Å²) in [5.41, 5.74) is -0.434. The number of rotatable bonds is 4. The Labute approximate surface area is 138 Å². The van der Waals surface area contributed by atoms with Crippen LogP contribution in [0.3, 0.4) is 0 Å². The van der Waals surface area contributed by atoms with Gasteiger partial charge in [0.15, 0.2) is 5.82 Å². The normalized spacial score (nSPS) is 19.5. The number of likely N-dealkylation sites (tertiary alicyclic amines) is 1. The van der Waals surface area contributed by atoms with E-state index in [1.165, 1.54) is 0 Å². The zero-order valence-corrected chi connectivity index (χ0v) is 14.7. The van der Waals surface area contributed by atoms with Crippen molar-refractivity contribution in [2.75, 3.05) is 19.6 Å². The average Bonchev–Trinajstić information content (AvgIpc) is 2.71. The van der Waals surface area contributed by atoms with Gasteiger partial charge in [-0.25, -0.2) is 9.78 Å². The molecule has 2 rings (SSSR count). The zero-order valence-electron chi connectivity index (χ0n) is 14.7. The van der Waals surface area contributed by atoms with Crippen LogP contribution >= 0.6 is 0 Å². The lowest BCUT2D eigenvalue weighted by Gasteiger charge is -2.26. The topological polar surface area (TPSA) is 72.3 Å². The van der Waals surface area contributed by atoms with E-state index in [0.717, 1.165) is 51.1 Å². The molecule has 0 saturated carbocycles. The van der Waals surface area contributed by atoms with Crippen LogP contribution in [-0.4, -0.2) is 57.0 Å². The molecular weight excluding hydrogens is 294 g/mol. The molecule has 1 aliphatic rings. The molecule has 1 N–H and O–H groups in total. The van der Waals surface area contributed by atoms with E-state index in [2.05, 4.69) is 15.4 Å². The molecule has 1 fully saturated rings. The lowest BCUT2D eigenvalue weighted by molar-refractivity contribution is 0.0256. The Morgan fingerprint density at radius 1 is 1.39 bits per heavy atom. The van der Waals surface area contributed by atoms with Crippen molar-refractivity contribution in [3.63, 3.8) is 0 Å². The maximum atomic E-state index is 12.1. The summed E-state index contributed by atoms with van der Waals surface area (Å²) in [4.78, 5) is 18.2. The SMILES string of the molecule is Cn1cnc(CCNC2CCCN(C(=O)OC(C)(C)C)CC2)n1. The van der Waals surface area contributed by atoms with Crippen LogP contribution in [0.5, 0.6) is 0 Å². The van der Waals surface area contributed by atoms with E-state index in [4.69, 9.17) is 4.74 Å². The minimum atomic E-state index is -0.434. The Kier molecular flexibility index (Phi) is 5.98. The van der Waals surface area contributed by atoms with Gasteiger partial charge in [-0.15, -0.1) is 0 Å². The van der Waals surface area contributed by atoms with Crippen LogP contribution in [0.4, 0.5) is 4.79 Å². The quantitative estimate of drug-likeness (QED) is 0.914. The summed E-state index contributed by atoms with van der Waals surface area (Å²) in [6.45, 7) is 8.08. The van der Waals surface area contributed by atoms with Crippen molar-refractivity contribution in [1.82, 2.24) is 25.0 Å². The predicted octanol–water partition coefficient (Wildman–Crippen LogP) is 1.74. The molecule has 0 radical (unpaired) electrons. The van der Waals surface area contributed by atoms with Gasteiger partial charge in [0.25, 0.3) is 0 Å². The molecule has 1 aromatic rings. The Morgan fingerprint density at radius 3 is 2.83 bits per heavy atom. The molecule has 1 unspecified atom stereocenters. The van der Waals surface area contributed by atoms with Crippen LogP contribution in [-0.2, 0) is 18.2 Å². The standard InChI is InChI=1S/C16H29N5O2/c1-16(2,3)23-15(22)21-10-5-6-13(8-11-21)17-9-7-14-18-12-20(4)19-14/h12-13,17H,5-11H2,1-4H3. The maximum Gasteiger partial charge on any atom is 0.410 e. The van der Waals surface area contributed by atoms with Crippen molar-refractivity contribution in [3.05, 3.63) is 12.2 Å². The van der Waals surface area contributed by atoms with E-state index >= 15 is 0 Å². The zero-order chi connectivity index (χ0) is 16.9. The Bertz CT molecular complexity index is 509. The lowest BCUT2D eigenvalue weighted by Crippen LogP contribution is -2.38. The van der Waals surface area contributed by atoms with Gasteiger partial charge in [0.1, 0.15) is 11.9 Å². The molecule has 130 valence electrons. The largest absolute Gasteiger partial charge is 0.444 e. The van der Waals surface area contributed by atoms with Gasteiger partial charge < -0.3 is 15.0 Å². The van der Waals surface area contributed by atoms with Gasteiger partial charge in [-0.05, 0) is 40.0 Å². The Hall–Kier alpha value is -1.63. The first-order chi connectivity index (χ1) is 10.8. The first-order valence-electron chi connectivity index (χ1n) is 8.39. The summed E-state index contributed by atoms with van der Waals surface area (Å²) in [6.07, 6.45) is 5.38. The van der Waals surface area contributed by atoms with Crippen molar-refractivity contribution < 1.29 is 9.53 Å². The molecule has 1 aliphatic heterocycles. The number of carbonyl (C=O) groups excluding carboxylic acids is 1. The van der Waals surface area contributed by atoms with Gasteiger partial charge in [-0.1, -0.05) is 0 Å². The molecule has 0 aliphatic carbocycles. The number of amides is 1. The number of hydrogen-bond donors (Lipinski definition) is 1. The van der Waals surface area contributed by atoms with Crippen LogP contribution in [0, 0.1) is 0 Å². The van der Waals surface area contributed by atoms with Gasteiger partial charge in [0, 0.05) is 39.1 Å². The van der Waals surface area contributed by atoms with Gasteiger partial charge in [-0.2, -0.15) is 5.10 Å². The number of nitrogens with one attached hydrogen (secondary N) is 1. The fraction of sp³-hybridized carbons (Fsp3) is 0.812. The number of hydrogen-bond acceptors (Lipinski definition) is 5. The molecule has 2 heterocycles. The van der Waals surface area contributed by atoms with E-state index in [1.807, 2.05) is 32.7 Å². The maximum absolute atomic E-state index is 12.1. The van der Waals surface area contributed by atoms with Crippen LogP contribution in [0.25, 0.3) is 0 Å².